The molecule has 2 aromatic heterocycles. The molecule has 1 amide bonds. The number of thiophene rings is 1. The zero-order chi connectivity index (χ0) is 26.3. The number of ether oxygens (including phenoxy) is 3. The number of carbonyl (C=O) groups is 1. The number of aromatic nitrogens is 2. The summed E-state index contributed by atoms with van der Waals surface area (Å²) in [6.45, 7) is 2.74. The average Bonchev–Trinajstić information content (AvgIpc) is 3.30. The van der Waals surface area contributed by atoms with Crippen LogP contribution in [0.3, 0.4) is 0 Å². The van der Waals surface area contributed by atoms with E-state index in [0.717, 1.165) is 16.0 Å². The number of hydrogen-bond donors (Lipinski definition) is 0. The highest BCUT2D eigenvalue weighted by Gasteiger charge is 2.28. The number of nitrogens with zero attached hydrogens (tertiary/aromatic N) is 3. The van der Waals surface area contributed by atoms with Crippen LogP contribution < -0.4 is 25.5 Å². The van der Waals surface area contributed by atoms with Crippen molar-refractivity contribution in [3.05, 3.63) is 79.3 Å². The van der Waals surface area contributed by atoms with E-state index < -0.39 is 5.69 Å². The first kappa shape index (κ1) is 24.6. The summed E-state index contributed by atoms with van der Waals surface area (Å²) in [5.74, 6) is 1.57. The number of methoxy groups -OCH3 is 3. The Bertz CT molecular complexity index is 1630. The second-order valence-electron chi connectivity index (χ2n) is 8.77. The number of fused-ring (bicyclic) bond motifs is 3. The summed E-state index contributed by atoms with van der Waals surface area (Å²) in [7, 11) is 4.62. The summed E-state index contributed by atoms with van der Waals surface area (Å²) in [5.41, 5.74) is 1.29. The van der Waals surface area contributed by atoms with Crippen molar-refractivity contribution in [1.29, 1.82) is 0 Å². The second kappa shape index (κ2) is 9.78. The van der Waals surface area contributed by atoms with Crippen LogP contribution in [0.25, 0.3) is 15.9 Å². The first-order valence-electron chi connectivity index (χ1n) is 11.8. The van der Waals surface area contributed by atoms with Crippen LogP contribution in [-0.2, 0) is 24.3 Å². The van der Waals surface area contributed by atoms with Gasteiger partial charge in [0.2, 0.25) is 5.91 Å². The van der Waals surface area contributed by atoms with Crippen molar-refractivity contribution in [2.24, 2.45) is 0 Å². The molecule has 3 heterocycles. The summed E-state index contributed by atoms with van der Waals surface area (Å²) in [6.07, 6.45) is 0.549. The first-order valence-corrected chi connectivity index (χ1v) is 12.6. The highest BCUT2D eigenvalue weighted by molar-refractivity contribution is 7.18. The van der Waals surface area contributed by atoms with Gasteiger partial charge in [-0.15, -0.1) is 11.3 Å². The minimum Gasteiger partial charge on any atom is -0.497 e. The Morgan fingerprint density at radius 2 is 1.78 bits per heavy atom. The van der Waals surface area contributed by atoms with Crippen molar-refractivity contribution in [2.75, 3.05) is 27.9 Å². The fourth-order valence-electron chi connectivity index (χ4n) is 4.76. The minimum absolute atomic E-state index is 0.0142. The van der Waals surface area contributed by atoms with Crippen molar-refractivity contribution in [3.8, 4) is 22.9 Å². The standard InChI is InChI=1S/C27H27N3O6S/c1-16(31)28-11-10-20-23(15-28)37-26-24(20)25(32)30(18-8-9-21(35-3)22(13-18)36-4)27(33)29(26)14-17-6-5-7-19(12-17)34-2/h5-9,12-13H,10-11,14-15H2,1-4H3. The topological polar surface area (TPSA) is 92.0 Å². The number of benzene rings is 2. The SMILES string of the molecule is COc1cccc(Cn2c(=O)n(-c3ccc(OC)c(OC)c3)c(=O)c3c4c(sc32)CN(C(C)=O)CC4)c1. The second-order valence-corrected chi connectivity index (χ2v) is 9.86. The van der Waals surface area contributed by atoms with E-state index in [0.29, 0.717) is 52.7 Å². The van der Waals surface area contributed by atoms with Crippen molar-refractivity contribution in [2.45, 2.75) is 26.4 Å². The van der Waals surface area contributed by atoms with E-state index in [1.54, 1.807) is 41.7 Å². The number of carbonyl (C=O) groups excluding carboxylic acids is 1. The van der Waals surface area contributed by atoms with E-state index in [-0.39, 0.29) is 18.0 Å². The number of hydrogen-bond acceptors (Lipinski definition) is 7. The van der Waals surface area contributed by atoms with E-state index in [1.165, 1.54) is 30.1 Å². The van der Waals surface area contributed by atoms with Gasteiger partial charge in [0.1, 0.15) is 10.6 Å². The Morgan fingerprint density at radius 1 is 1.00 bits per heavy atom. The first-order chi connectivity index (χ1) is 17.9. The molecule has 37 heavy (non-hydrogen) atoms. The molecule has 10 heteroatoms. The van der Waals surface area contributed by atoms with Crippen molar-refractivity contribution in [1.82, 2.24) is 14.0 Å². The summed E-state index contributed by atoms with van der Waals surface area (Å²) in [5, 5.41) is 0.514. The largest absolute Gasteiger partial charge is 0.497 e. The molecule has 0 spiro atoms. The quantitative estimate of drug-likeness (QED) is 0.387. The molecule has 0 N–H and O–H groups in total. The third-order valence-electron chi connectivity index (χ3n) is 6.67. The van der Waals surface area contributed by atoms with Crippen LogP contribution in [0.15, 0.2) is 52.1 Å². The molecule has 9 nitrogen and oxygen atoms in total. The molecular formula is C27H27N3O6S. The van der Waals surface area contributed by atoms with E-state index in [1.807, 2.05) is 24.3 Å². The van der Waals surface area contributed by atoms with Crippen LogP contribution in [0.1, 0.15) is 22.9 Å². The van der Waals surface area contributed by atoms with Crippen LogP contribution >= 0.6 is 11.3 Å². The molecular weight excluding hydrogens is 494 g/mol. The monoisotopic (exact) mass is 521 g/mol. The van der Waals surface area contributed by atoms with Crippen LogP contribution in [0.4, 0.5) is 0 Å². The molecule has 0 saturated heterocycles. The number of rotatable bonds is 6. The molecule has 5 rings (SSSR count). The maximum atomic E-state index is 14.0. The fraction of sp³-hybridized carbons (Fsp3) is 0.296. The molecule has 0 unspecified atom stereocenters. The van der Waals surface area contributed by atoms with Crippen molar-refractivity contribution >= 4 is 27.5 Å². The van der Waals surface area contributed by atoms with Crippen molar-refractivity contribution < 1.29 is 19.0 Å². The zero-order valence-electron chi connectivity index (χ0n) is 21.1. The molecule has 0 saturated carbocycles. The summed E-state index contributed by atoms with van der Waals surface area (Å²) < 4.78 is 18.9. The van der Waals surface area contributed by atoms with Crippen LogP contribution in [0.5, 0.6) is 17.2 Å². The summed E-state index contributed by atoms with van der Waals surface area (Å²) >= 11 is 1.40. The molecule has 0 radical (unpaired) electrons. The van der Waals surface area contributed by atoms with Gasteiger partial charge in [0.15, 0.2) is 11.5 Å². The Kier molecular flexibility index (Phi) is 6.51. The summed E-state index contributed by atoms with van der Waals surface area (Å²) in [6, 6.07) is 12.5. The number of amides is 1. The van der Waals surface area contributed by atoms with Gasteiger partial charge in [0.25, 0.3) is 5.56 Å². The Balaban J connectivity index is 1.78. The van der Waals surface area contributed by atoms with Crippen LogP contribution in [-0.4, -0.2) is 47.8 Å². The zero-order valence-corrected chi connectivity index (χ0v) is 21.9. The molecule has 0 fully saturated rings. The molecule has 0 bridgehead atoms. The van der Waals surface area contributed by atoms with Gasteiger partial charge in [-0.1, -0.05) is 12.1 Å². The lowest BCUT2D eigenvalue weighted by Crippen LogP contribution is -2.39. The maximum absolute atomic E-state index is 14.0. The maximum Gasteiger partial charge on any atom is 0.337 e. The normalized spacial score (nSPS) is 12.9. The lowest BCUT2D eigenvalue weighted by Gasteiger charge is -2.25. The highest BCUT2D eigenvalue weighted by atomic mass is 32.1. The predicted octanol–water partition coefficient (Wildman–Crippen LogP) is 3.19. The lowest BCUT2D eigenvalue weighted by atomic mass is 10.1. The van der Waals surface area contributed by atoms with Gasteiger partial charge in [0, 0.05) is 24.4 Å². The van der Waals surface area contributed by atoms with Gasteiger partial charge in [-0.25, -0.2) is 9.36 Å². The lowest BCUT2D eigenvalue weighted by molar-refractivity contribution is -0.129. The molecule has 2 aromatic carbocycles. The van der Waals surface area contributed by atoms with E-state index in [4.69, 9.17) is 14.2 Å². The van der Waals surface area contributed by atoms with Gasteiger partial charge in [-0.05, 0) is 41.8 Å². The molecule has 0 atom stereocenters. The van der Waals surface area contributed by atoms with Gasteiger partial charge in [-0.2, -0.15) is 0 Å². The summed E-state index contributed by atoms with van der Waals surface area (Å²) in [4.78, 5) is 43.2. The van der Waals surface area contributed by atoms with Crippen LogP contribution in [0.2, 0.25) is 0 Å². The average molecular weight is 522 g/mol. The van der Waals surface area contributed by atoms with Gasteiger partial charge in [-0.3, -0.25) is 14.2 Å². The molecule has 1 aliphatic rings. The van der Waals surface area contributed by atoms with E-state index in [9.17, 15) is 14.4 Å². The Morgan fingerprint density at radius 3 is 2.49 bits per heavy atom. The fourth-order valence-corrected chi connectivity index (χ4v) is 6.11. The molecule has 0 aliphatic carbocycles. The van der Waals surface area contributed by atoms with E-state index in [2.05, 4.69) is 0 Å². The molecule has 4 aromatic rings. The van der Waals surface area contributed by atoms with E-state index >= 15 is 0 Å². The van der Waals surface area contributed by atoms with Gasteiger partial charge in [0.05, 0.1) is 45.5 Å². The van der Waals surface area contributed by atoms with Crippen LogP contribution in [0, 0.1) is 0 Å². The Hall–Kier alpha value is -4.05. The van der Waals surface area contributed by atoms with Gasteiger partial charge < -0.3 is 19.1 Å². The minimum atomic E-state index is -0.463. The predicted molar refractivity (Wildman–Crippen MR) is 142 cm³/mol. The Labute approximate surface area is 217 Å². The highest BCUT2D eigenvalue weighted by Crippen LogP contribution is 2.34. The third kappa shape index (κ3) is 4.27. The smallest absolute Gasteiger partial charge is 0.337 e. The molecule has 1 aliphatic heterocycles. The van der Waals surface area contributed by atoms with Crippen molar-refractivity contribution in [3.63, 3.8) is 0 Å². The molecule has 192 valence electrons. The van der Waals surface area contributed by atoms with Gasteiger partial charge >= 0.3 is 5.69 Å². The third-order valence-corrected chi connectivity index (χ3v) is 7.91.